The molecule has 0 spiro atoms. The van der Waals surface area contributed by atoms with E-state index in [1.165, 1.54) is 18.6 Å². The van der Waals surface area contributed by atoms with E-state index < -0.39 is 15.9 Å². The second-order valence-electron chi connectivity index (χ2n) is 3.86. The number of nitrogens with two attached hydrogens (primary N) is 1. The zero-order chi connectivity index (χ0) is 14.0. The Hall–Kier alpha value is -2.35. The van der Waals surface area contributed by atoms with E-state index in [4.69, 9.17) is 5.73 Å². The molecule has 1 aromatic heterocycles. The second kappa shape index (κ2) is 4.73. The number of rotatable bonds is 4. The lowest BCUT2D eigenvalue weighted by molar-refractivity contribution is 0.0999. The molecule has 100 valence electrons. The summed E-state index contributed by atoms with van der Waals surface area (Å²) in [6, 6.07) is 4.64. The Morgan fingerprint density at radius 1 is 1.42 bits per heavy atom. The second-order valence-corrected chi connectivity index (χ2v) is 5.51. The van der Waals surface area contributed by atoms with Gasteiger partial charge in [-0.25, -0.2) is 4.98 Å². The summed E-state index contributed by atoms with van der Waals surface area (Å²) in [7, 11) is -3.76. The van der Waals surface area contributed by atoms with Crippen LogP contribution in [0.3, 0.4) is 0 Å². The number of aromatic amines is 1. The molecule has 0 saturated carbocycles. The van der Waals surface area contributed by atoms with E-state index in [0.717, 1.165) is 0 Å². The predicted octanol–water partition coefficient (Wildman–Crippen LogP) is 0.618. The van der Waals surface area contributed by atoms with Gasteiger partial charge in [-0.1, -0.05) is 6.07 Å². The highest BCUT2D eigenvalue weighted by Crippen LogP contribution is 2.21. The molecule has 2 rings (SSSR count). The summed E-state index contributed by atoms with van der Waals surface area (Å²) < 4.78 is 26.4. The minimum atomic E-state index is -3.76. The van der Waals surface area contributed by atoms with Crippen LogP contribution in [0.25, 0.3) is 0 Å². The summed E-state index contributed by atoms with van der Waals surface area (Å²) >= 11 is 0. The number of anilines is 1. The van der Waals surface area contributed by atoms with Crippen LogP contribution in [-0.2, 0) is 10.0 Å². The van der Waals surface area contributed by atoms with Gasteiger partial charge >= 0.3 is 0 Å². The van der Waals surface area contributed by atoms with Crippen molar-refractivity contribution in [2.75, 3.05) is 4.72 Å². The van der Waals surface area contributed by atoms with Gasteiger partial charge in [-0.3, -0.25) is 9.52 Å². The molecular weight excluding hydrogens is 268 g/mol. The Bertz CT molecular complexity index is 708. The molecule has 1 amide bonds. The van der Waals surface area contributed by atoms with Gasteiger partial charge in [0.1, 0.15) is 0 Å². The SMILES string of the molecule is Cc1c(NS(=O)(=O)c2cnc[nH]2)cccc1C(N)=O. The highest BCUT2D eigenvalue weighted by atomic mass is 32.2. The molecule has 0 aliphatic rings. The average molecular weight is 280 g/mol. The Kier molecular flexibility index (Phi) is 3.26. The van der Waals surface area contributed by atoms with Crippen molar-refractivity contribution in [1.29, 1.82) is 0 Å². The molecule has 7 nitrogen and oxygen atoms in total. The van der Waals surface area contributed by atoms with E-state index in [0.29, 0.717) is 11.3 Å². The van der Waals surface area contributed by atoms with Crippen molar-refractivity contribution in [3.63, 3.8) is 0 Å². The first-order valence-corrected chi connectivity index (χ1v) is 6.81. The molecule has 0 atom stereocenters. The summed E-state index contributed by atoms with van der Waals surface area (Å²) in [6.45, 7) is 1.62. The van der Waals surface area contributed by atoms with Gasteiger partial charge in [0, 0.05) is 5.56 Å². The number of carbonyl (C=O) groups excluding carboxylic acids is 1. The smallest absolute Gasteiger partial charge is 0.278 e. The number of amides is 1. The van der Waals surface area contributed by atoms with Crippen LogP contribution in [0.15, 0.2) is 35.7 Å². The van der Waals surface area contributed by atoms with Crippen molar-refractivity contribution >= 4 is 21.6 Å². The standard InChI is InChI=1S/C11H12N4O3S/c1-7-8(11(12)16)3-2-4-9(7)15-19(17,18)10-5-13-6-14-10/h2-6,15H,1H3,(H2,12,16)(H,13,14). The zero-order valence-corrected chi connectivity index (χ0v) is 10.9. The van der Waals surface area contributed by atoms with Crippen LogP contribution in [0.1, 0.15) is 15.9 Å². The first kappa shape index (κ1) is 13.1. The number of imidazole rings is 1. The summed E-state index contributed by atoms with van der Waals surface area (Å²) in [5, 5.41) is -0.0589. The highest BCUT2D eigenvalue weighted by Gasteiger charge is 2.18. The van der Waals surface area contributed by atoms with Crippen LogP contribution in [0.2, 0.25) is 0 Å². The molecule has 1 heterocycles. The molecule has 0 aliphatic carbocycles. The van der Waals surface area contributed by atoms with Gasteiger partial charge in [0.15, 0.2) is 5.03 Å². The number of nitrogens with one attached hydrogen (secondary N) is 2. The quantitative estimate of drug-likeness (QED) is 0.760. The van der Waals surface area contributed by atoms with E-state index in [1.807, 2.05) is 0 Å². The fraction of sp³-hybridized carbons (Fsp3) is 0.0909. The molecule has 4 N–H and O–H groups in total. The third-order valence-electron chi connectivity index (χ3n) is 2.61. The summed E-state index contributed by atoms with van der Waals surface area (Å²) in [6.07, 6.45) is 2.46. The number of benzene rings is 1. The van der Waals surface area contributed by atoms with E-state index in [9.17, 15) is 13.2 Å². The first-order valence-electron chi connectivity index (χ1n) is 5.32. The van der Waals surface area contributed by atoms with Crippen molar-refractivity contribution in [3.05, 3.63) is 41.9 Å². The maximum Gasteiger partial charge on any atom is 0.278 e. The summed E-state index contributed by atoms with van der Waals surface area (Å²) in [4.78, 5) is 17.3. The lowest BCUT2D eigenvalue weighted by Crippen LogP contribution is -2.17. The average Bonchev–Trinajstić information content (AvgIpc) is 2.85. The normalized spacial score (nSPS) is 11.2. The Balaban J connectivity index is 2.40. The lowest BCUT2D eigenvalue weighted by Gasteiger charge is -2.11. The third-order valence-corrected chi connectivity index (χ3v) is 3.90. The number of sulfonamides is 1. The van der Waals surface area contributed by atoms with E-state index >= 15 is 0 Å². The van der Waals surface area contributed by atoms with Crippen molar-refractivity contribution in [1.82, 2.24) is 9.97 Å². The molecular formula is C11H12N4O3S. The van der Waals surface area contributed by atoms with Crippen LogP contribution in [0.4, 0.5) is 5.69 Å². The maximum atomic E-state index is 12.0. The minimum absolute atomic E-state index is 0.0589. The molecule has 0 bridgehead atoms. The number of hydrogen-bond acceptors (Lipinski definition) is 4. The largest absolute Gasteiger partial charge is 0.366 e. The third kappa shape index (κ3) is 2.58. The molecule has 1 aromatic carbocycles. The van der Waals surface area contributed by atoms with Crippen LogP contribution < -0.4 is 10.5 Å². The molecule has 0 aliphatic heterocycles. The number of H-pyrrole nitrogens is 1. The number of aromatic nitrogens is 2. The fourth-order valence-electron chi connectivity index (χ4n) is 1.60. The number of nitrogens with zero attached hydrogens (tertiary/aromatic N) is 1. The monoisotopic (exact) mass is 280 g/mol. The molecule has 0 radical (unpaired) electrons. The number of hydrogen-bond donors (Lipinski definition) is 3. The van der Waals surface area contributed by atoms with Crippen LogP contribution in [0, 0.1) is 6.92 Å². The zero-order valence-electron chi connectivity index (χ0n) is 10.0. The summed E-state index contributed by atoms with van der Waals surface area (Å²) in [5.74, 6) is -0.611. The molecule has 8 heteroatoms. The van der Waals surface area contributed by atoms with Crippen molar-refractivity contribution in [2.45, 2.75) is 11.9 Å². The van der Waals surface area contributed by atoms with Crippen LogP contribution >= 0.6 is 0 Å². The van der Waals surface area contributed by atoms with Gasteiger partial charge in [0.2, 0.25) is 5.91 Å². The van der Waals surface area contributed by atoms with Gasteiger partial charge in [-0.2, -0.15) is 8.42 Å². The molecule has 0 fully saturated rings. The highest BCUT2D eigenvalue weighted by molar-refractivity contribution is 7.92. The minimum Gasteiger partial charge on any atom is -0.366 e. The molecule has 19 heavy (non-hydrogen) atoms. The fourth-order valence-corrected chi connectivity index (χ4v) is 2.63. The molecule has 2 aromatic rings. The number of primary amides is 1. The number of carbonyl (C=O) groups is 1. The summed E-state index contributed by atoms with van der Waals surface area (Å²) in [5.41, 5.74) is 6.25. The van der Waals surface area contributed by atoms with Crippen molar-refractivity contribution in [3.8, 4) is 0 Å². The Labute approximate surface area is 109 Å². The van der Waals surface area contributed by atoms with Gasteiger partial charge in [0.25, 0.3) is 10.0 Å². The topological polar surface area (TPSA) is 118 Å². The van der Waals surface area contributed by atoms with Crippen molar-refractivity contribution < 1.29 is 13.2 Å². The molecule has 0 unspecified atom stereocenters. The predicted molar refractivity (Wildman–Crippen MR) is 69.1 cm³/mol. The van der Waals surface area contributed by atoms with E-state index in [-0.39, 0.29) is 10.6 Å². The van der Waals surface area contributed by atoms with Gasteiger partial charge < -0.3 is 10.7 Å². The van der Waals surface area contributed by atoms with E-state index in [2.05, 4.69) is 14.7 Å². The van der Waals surface area contributed by atoms with Crippen LogP contribution in [0.5, 0.6) is 0 Å². The van der Waals surface area contributed by atoms with Crippen molar-refractivity contribution in [2.24, 2.45) is 5.73 Å². The van der Waals surface area contributed by atoms with Gasteiger partial charge in [0.05, 0.1) is 18.2 Å². The van der Waals surface area contributed by atoms with Crippen LogP contribution in [-0.4, -0.2) is 24.3 Å². The maximum absolute atomic E-state index is 12.0. The van der Waals surface area contributed by atoms with E-state index in [1.54, 1.807) is 19.1 Å². The first-order chi connectivity index (χ1) is 8.92. The Morgan fingerprint density at radius 3 is 2.74 bits per heavy atom. The van der Waals surface area contributed by atoms with Gasteiger partial charge in [-0.05, 0) is 24.6 Å². The Morgan fingerprint density at radius 2 is 2.16 bits per heavy atom. The lowest BCUT2D eigenvalue weighted by atomic mass is 10.1. The molecule has 0 saturated heterocycles. The van der Waals surface area contributed by atoms with Gasteiger partial charge in [-0.15, -0.1) is 0 Å².